The molecule has 0 fully saturated rings. The summed E-state index contributed by atoms with van der Waals surface area (Å²) in [7, 11) is -2.31. The maximum absolute atomic E-state index is 12.1. The predicted octanol–water partition coefficient (Wildman–Crippen LogP) is 2.18. The number of hydrogen-bond acceptors (Lipinski definition) is 3. The Labute approximate surface area is 105 Å². The van der Waals surface area contributed by atoms with Crippen LogP contribution in [-0.2, 0) is 14.8 Å². The van der Waals surface area contributed by atoms with E-state index in [1.54, 1.807) is 40.7 Å². The van der Waals surface area contributed by atoms with E-state index in [1.807, 2.05) is 0 Å². The van der Waals surface area contributed by atoms with Crippen molar-refractivity contribution in [2.24, 2.45) is 5.41 Å². The lowest BCUT2D eigenvalue weighted by Gasteiger charge is -2.32. The highest BCUT2D eigenvalue weighted by Gasteiger charge is 2.40. The molecular weight excluding hydrogens is 238 g/mol. The lowest BCUT2D eigenvalue weighted by atomic mass is 9.88. The second-order valence-corrected chi connectivity index (χ2v) is 8.49. The largest absolute Gasteiger partial charge is 0.273 e. The molecule has 0 heterocycles. The van der Waals surface area contributed by atoms with Crippen LogP contribution in [0.15, 0.2) is 12.7 Å². The number of sulfonamides is 1. The molecule has 0 saturated carbocycles. The summed E-state index contributed by atoms with van der Waals surface area (Å²) in [4.78, 5) is 12.1. The Hall–Kier alpha value is -0.840. The van der Waals surface area contributed by atoms with Gasteiger partial charge in [-0.25, -0.2) is 12.7 Å². The molecule has 17 heavy (non-hydrogen) atoms. The van der Waals surface area contributed by atoms with Gasteiger partial charge in [-0.1, -0.05) is 19.9 Å². The third kappa shape index (κ3) is 3.31. The molecule has 0 aliphatic heterocycles. The molecule has 0 aromatic rings. The summed E-state index contributed by atoms with van der Waals surface area (Å²) in [5, 5.41) is 0. The van der Waals surface area contributed by atoms with E-state index in [9.17, 15) is 13.2 Å². The van der Waals surface area contributed by atoms with Gasteiger partial charge >= 0.3 is 0 Å². The first-order chi connectivity index (χ1) is 7.38. The molecule has 0 atom stereocenters. The maximum Gasteiger partial charge on any atom is 0.242 e. The van der Waals surface area contributed by atoms with Crippen LogP contribution in [0.2, 0.25) is 0 Å². The second kappa shape index (κ2) is 4.80. The summed E-state index contributed by atoms with van der Waals surface area (Å²) < 4.78 is 24.1. The minimum atomic E-state index is -3.63. The molecule has 0 bridgehead atoms. The minimum Gasteiger partial charge on any atom is -0.273 e. The Morgan fingerprint density at radius 1 is 1.24 bits per heavy atom. The summed E-state index contributed by atoms with van der Waals surface area (Å²) >= 11 is 0. The zero-order valence-corrected chi connectivity index (χ0v) is 12.4. The van der Waals surface area contributed by atoms with Gasteiger partial charge in [0, 0.05) is 12.5 Å². The number of hydrogen-bond donors (Lipinski definition) is 0. The van der Waals surface area contributed by atoms with Gasteiger partial charge in [-0.3, -0.25) is 4.79 Å². The highest BCUT2D eigenvalue weighted by atomic mass is 32.2. The Kier molecular flexibility index (Phi) is 4.56. The van der Waals surface area contributed by atoms with Crippen molar-refractivity contribution in [3.05, 3.63) is 12.7 Å². The number of nitrogens with zero attached hydrogens (tertiary/aromatic N) is 1. The molecule has 0 N–H and O–H groups in total. The second-order valence-electron chi connectivity index (χ2n) is 5.77. The first-order valence-corrected chi connectivity index (χ1v) is 6.96. The van der Waals surface area contributed by atoms with Gasteiger partial charge < -0.3 is 0 Å². The summed E-state index contributed by atoms with van der Waals surface area (Å²) in [6.07, 6.45) is 2.06. The van der Waals surface area contributed by atoms with Crippen molar-refractivity contribution in [1.29, 1.82) is 0 Å². The fourth-order valence-corrected chi connectivity index (χ4v) is 2.68. The van der Waals surface area contributed by atoms with Gasteiger partial charge in [-0.15, -0.1) is 6.58 Å². The average molecular weight is 261 g/mol. The monoisotopic (exact) mass is 261 g/mol. The molecule has 1 amide bonds. The van der Waals surface area contributed by atoms with Gasteiger partial charge in [-0.2, -0.15) is 0 Å². The first-order valence-electron chi connectivity index (χ1n) is 5.52. The van der Waals surface area contributed by atoms with Crippen molar-refractivity contribution in [2.45, 2.75) is 45.8 Å². The van der Waals surface area contributed by atoms with Crippen LogP contribution in [0.1, 0.15) is 41.0 Å². The third-order valence-electron chi connectivity index (χ3n) is 2.65. The van der Waals surface area contributed by atoms with Gasteiger partial charge in [0.25, 0.3) is 0 Å². The average Bonchev–Trinajstić information content (AvgIpc) is 2.13. The van der Waals surface area contributed by atoms with Crippen LogP contribution in [-0.4, -0.2) is 30.4 Å². The van der Waals surface area contributed by atoms with Crippen molar-refractivity contribution in [3.8, 4) is 0 Å². The van der Waals surface area contributed by atoms with E-state index in [2.05, 4.69) is 6.58 Å². The Bertz CT molecular complexity index is 402. The van der Waals surface area contributed by atoms with Gasteiger partial charge in [0.15, 0.2) is 0 Å². The van der Waals surface area contributed by atoms with Crippen LogP contribution in [0.25, 0.3) is 0 Å². The van der Waals surface area contributed by atoms with Gasteiger partial charge in [-0.05, 0) is 27.2 Å². The van der Waals surface area contributed by atoms with Crippen molar-refractivity contribution in [2.75, 3.05) is 7.05 Å². The van der Waals surface area contributed by atoms with E-state index in [1.165, 1.54) is 7.05 Å². The van der Waals surface area contributed by atoms with E-state index >= 15 is 0 Å². The molecule has 0 aromatic heterocycles. The van der Waals surface area contributed by atoms with Gasteiger partial charge in [0.2, 0.25) is 15.9 Å². The highest BCUT2D eigenvalue weighted by molar-refractivity contribution is 7.90. The normalized spacial score (nSPS) is 13.3. The lowest BCUT2D eigenvalue weighted by Crippen LogP contribution is -2.48. The number of carbonyl (C=O) groups excluding carboxylic acids is 1. The predicted molar refractivity (Wildman–Crippen MR) is 70.0 cm³/mol. The molecule has 0 spiro atoms. The van der Waals surface area contributed by atoms with E-state index in [0.29, 0.717) is 6.42 Å². The number of rotatable bonds is 4. The highest BCUT2D eigenvalue weighted by Crippen LogP contribution is 2.28. The molecule has 0 rings (SSSR count). The molecule has 100 valence electrons. The topological polar surface area (TPSA) is 54.5 Å². The van der Waals surface area contributed by atoms with Crippen molar-refractivity contribution < 1.29 is 13.2 Å². The van der Waals surface area contributed by atoms with E-state index in [0.717, 1.165) is 4.31 Å². The van der Waals surface area contributed by atoms with Crippen LogP contribution in [0.3, 0.4) is 0 Å². The lowest BCUT2D eigenvalue weighted by molar-refractivity contribution is -0.134. The fourth-order valence-electron chi connectivity index (χ4n) is 1.39. The van der Waals surface area contributed by atoms with Crippen LogP contribution in [0.4, 0.5) is 0 Å². The zero-order valence-electron chi connectivity index (χ0n) is 11.6. The zero-order chi connectivity index (χ0) is 14.1. The van der Waals surface area contributed by atoms with E-state index < -0.39 is 26.1 Å². The molecule has 5 heteroatoms. The fraction of sp³-hybridized carbons (Fsp3) is 0.750. The van der Waals surface area contributed by atoms with Crippen LogP contribution in [0.5, 0.6) is 0 Å². The SMILES string of the molecule is C=CCC(C)(C)C(=O)N(C)S(=O)(=O)C(C)(C)C. The van der Waals surface area contributed by atoms with Crippen molar-refractivity contribution >= 4 is 15.9 Å². The first kappa shape index (κ1) is 16.2. The smallest absolute Gasteiger partial charge is 0.242 e. The molecule has 0 unspecified atom stereocenters. The third-order valence-corrected chi connectivity index (χ3v) is 5.09. The standard InChI is InChI=1S/C12H23NO3S/c1-8-9-12(5,6)10(14)13(7)17(15,16)11(2,3)4/h8H,1,9H2,2-7H3. The van der Waals surface area contributed by atoms with Gasteiger partial charge in [0.05, 0.1) is 4.75 Å². The number of amides is 1. The molecule has 4 nitrogen and oxygen atoms in total. The molecule has 0 aliphatic rings. The number of allylic oxidation sites excluding steroid dienone is 1. The minimum absolute atomic E-state index is 0.410. The molecular formula is C12H23NO3S. The summed E-state index contributed by atoms with van der Waals surface area (Å²) in [6.45, 7) is 11.7. The van der Waals surface area contributed by atoms with E-state index in [-0.39, 0.29) is 0 Å². The number of carbonyl (C=O) groups is 1. The van der Waals surface area contributed by atoms with Crippen LogP contribution < -0.4 is 0 Å². The molecule has 0 radical (unpaired) electrons. The summed E-state index contributed by atoms with van der Waals surface area (Å²) in [6, 6.07) is 0. The summed E-state index contributed by atoms with van der Waals surface area (Å²) in [5.74, 6) is -0.410. The summed E-state index contributed by atoms with van der Waals surface area (Å²) in [5.41, 5.74) is -0.755. The molecule has 0 saturated heterocycles. The van der Waals surface area contributed by atoms with Crippen LogP contribution in [0, 0.1) is 5.41 Å². The van der Waals surface area contributed by atoms with Crippen molar-refractivity contribution in [1.82, 2.24) is 4.31 Å². The molecule has 0 aromatic carbocycles. The Morgan fingerprint density at radius 3 is 1.94 bits per heavy atom. The quantitative estimate of drug-likeness (QED) is 0.729. The molecule has 0 aliphatic carbocycles. The van der Waals surface area contributed by atoms with Crippen molar-refractivity contribution in [3.63, 3.8) is 0 Å². The van der Waals surface area contributed by atoms with E-state index in [4.69, 9.17) is 0 Å². The Morgan fingerprint density at radius 2 is 1.65 bits per heavy atom. The maximum atomic E-state index is 12.1. The van der Waals surface area contributed by atoms with Gasteiger partial charge in [0.1, 0.15) is 0 Å². The Balaban J connectivity index is 5.29. The van der Waals surface area contributed by atoms with Crippen LogP contribution >= 0.6 is 0 Å².